The molecule has 0 spiro atoms. The molecule has 1 N–H and O–H groups in total. The van der Waals surface area contributed by atoms with Gasteiger partial charge in [0.2, 0.25) is 0 Å². The van der Waals surface area contributed by atoms with Gasteiger partial charge in [-0.2, -0.15) is 0 Å². The molecule has 1 aliphatic heterocycles. The van der Waals surface area contributed by atoms with Crippen LogP contribution in [0, 0.1) is 5.92 Å². The van der Waals surface area contributed by atoms with Gasteiger partial charge in [0.25, 0.3) is 0 Å². The first-order valence-corrected chi connectivity index (χ1v) is 7.29. The highest BCUT2D eigenvalue weighted by Crippen LogP contribution is 2.24. The largest absolute Gasteiger partial charge is 0.478 e. The van der Waals surface area contributed by atoms with E-state index in [2.05, 4.69) is 24.8 Å². The van der Waals surface area contributed by atoms with Crippen LogP contribution in [-0.2, 0) is 11.3 Å². The first-order chi connectivity index (χ1) is 9.56. The Bertz CT molecular complexity index is 496. The van der Waals surface area contributed by atoms with Crippen molar-refractivity contribution in [1.82, 2.24) is 4.90 Å². The van der Waals surface area contributed by atoms with Gasteiger partial charge in [0.15, 0.2) is 0 Å². The van der Waals surface area contributed by atoms with Crippen LogP contribution in [0.25, 0.3) is 6.08 Å². The molecule has 0 radical (unpaired) electrons. The molecule has 3 nitrogen and oxygen atoms in total. The number of likely N-dealkylation sites (tertiary alicyclic amines) is 1. The summed E-state index contributed by atoms with van der Waals surface area (Å²) in [7, 11) is 0. The van der Waals surface area contributed by atoms with Crippen LogP contribution in [0.4, 0.5) is 0 Å². The van der Waals surface area contributed by atoms with Gasteiger partial charge in [-0.15, -0.1) is 0 Å². The zero-order chi connectivity index (χ0) is 14.5. The van der Waals surface area contributed by atoms with Crippen molar-refractivity contribution in [2.75, 3.05) is 6.54 Å². The van der Waals surface area contributed by atoms with Gasteiger partial charge < -0.3 is 5.11 Å². The van der Waals surface area contributed by atoms with Gasteiger partial charge in [0.05, 0.1) is 0 Å². The SMILES string of the molecule is CC1CCC(C)N(Cc2ccccc2C=CC(=O)O)C1. The summed E-state index contributed by atoms with van der Waals surface area (Å²) in [4.78, 5) is 13.2. The molecule has 1 aliphatic rings. The van der Waals surface area contributed by atoms with Gasteiger partial charge >= 0.3 is 5.97 Å². The van der Waals surface area contributed by atoms with Crippen molar-refractivity contribution in [1.29, 1.82) is 0 Å². The lowest BCUT2D eigenvalue weighted by Crippen LogP contribution is -2.40. The number of hydrogen-bond donors (Lipinski definition) is 1. The Kier molecular flexibility index (Phi) is 4.96. The van der Waals surface area contributed by atoms with Crippen molar-refractivity contribution in [2.45, 2.75) is 39.3 Å². The van der Waals surface area contributed by atoms with E-state index in [1.165, 1.54) is 24.5 Å². The average Bonchev–Trinajstić information content (AvgIpc) is 2.42. The molecule has 1 heterocycles. The first kappa shape index (κ1) is 14.8. The van der Waals surface area contributed by atoms with Crippen molar-refractivity contribution in [2.24, 2.45) is 5.92 Å². The summed E-state index contributed by atoms with van der Waals surface area (Å²) >= 11 is 0. The molecule has 0 bridgehead atoms. The molecule has 2 atom stereocenters. The summed E-state index contributed by atoms with van der Waals surface area (Å²) in [5.74, 6) is -0.160. The number of carboxylic acids is 1. The van der Waals surface area contributed by atoms with Crippen LogP contribution in [0.15, 0.2) is 30.3 Å². The van der Waals surface area contributed by atoms with Crippen LogP contribution >= 0.6 is 0 Å². The Hall–Kier alpha value is -1.61. The summed E-state index contributed by atoms with van der Waals surface area (Å²) in [5, 5.41) is 8.77. The van der Waals surface area contributed by atoms with Crippen LogP contribution in [0.2, 0.25) is 0 Å². The molecule has 20 heavy (non-hydrogen) atoms. The molecule has 1 saturated heterocycles. The minimum Gasteiger partial charge on any atom is -0.478 e. The number of nitrogens with zero attached hydrogens (tertiary/aromatic N) is 1. The molecule has 2 unspecified atom stereocenters. The predicted octanol–water partition coefficient (Wildman–Crippen LogP) is 3.40. The highest BCUT2D eigenvalue weighted by Gasteiger charge is 2.23. The number of piperidine rings is 1. The van der Waals surface area contributed by atoms with Crippen LogP contribution in [0.5, 0.6) is 0 Å². The lowest BCUT2D eigenvalue weighted by atomic mass is 9.94. The monoisotopic (exact) mass is 273 g/mol. The van der Waals surface area contributed by atoms with Crippen molar-refractivity contribution in [3.05, 3.63) is 41.5 Å². The Labute approximate surface area is 120 Å². The van der Waals surface area contributed by atoms with Gasteiger partial charge in [0.1, 0.15) is 0 Å². The third kappa shape index (κ3) is 3.94. The van der Waals surface area contributed by atoms with Gasteiger partial charge in [0, 0.05) is 25.2 Å². The Balaban J connectivity index is 2.14. The number of hydrogen-bond acceptors (Lipinski definition) is 2. The van der Waals surface area contributed by atoms with Crippen LogP contribution in [-0.4, -0.2) is 28.6 Å². The van der Waals surface area contributed by atoms with E-state index < -0.39 is 5.97 Å². The summed E-state index contributed by atoms with van der Waals surface area (Å²) in [6.45, 7) is 6.60. The normalized spacial score (nSPS) is 24.1. The van der Waals surface area contributed by atoms with E-state index in [-0.39, 0.29) is 0 Å². The van der Waals surface area contributed by atoms with E-state index in [0.29, 0.717) is 6.04 Å². The standard InChI is InChI=1S/C17H23NO2/c1-13-7-8-14(2)18(11-13)12-16-6-4-3-5-15(16)9-10-17(19)20/h3-6,9-10,13-14H,7-8,11-12H2,1-2H3,(H,19,20). The maximum Gasteiger partial charge on any atom is 0.328 e. The Morgan fingerprint density at radius 1 is 1.35 bits per heavy atom. The zero-order valence-electron chi connectivity index (χ0n) is 12.2. The molecule has 0 amide bonds. The third-order valence-electron chi connectivity index (χ3n) is 4.08. The second kappa shape index (κ2) is 6.71. The molecule has 0 saturated carbocycles. The summed E-state index contributed by atoms with van der Waals surface area (Å²) < 4.78 is 0. The maximum absolute atomic E-state index is 10.7. The Morgan fingerprint density at radius 2 is 2.10 bits per heavy atom. The minimum atomic E-state index is -0.903. The van der Waals surface area contributed by atoms with E-state index in [0.717, 1.165) is 24.6 Å². The highest BCUT2D eigenvalue weighted by molar-refractivity contribution is 5.85. The second-order valence-electron chi connectivity index (χ2n) is 5.83. The van der Waals surface area contributed by atoms with Gasteiger partial charge in [-0.1, -0.05) is 31.2 Å². The van der Waals surface area contributed by atoms with Gasteiger partial charge in [-0.05, 0) is 42.9 Å². The topological polar surface area (TPSA) is 40.5 Å². The summed E-state index contributed by atoms with van der Waals surface area (Å²) in [5.41, 5.74) is 2.20. The molecular formula is C17H23NO2. The quantitative estimate of drug-likeness (QED) is 0.855. The molecule has 1 aromatic carbocycles. The number of benzene rings is 1. The fourth-order valence-corrected chi connectivity index (χ4v) is 2.82. The van der Waals surface area contributed by atoms with Crippen LogP contribution in [0.1, 0.15) is 37.8 Å². The molecule has 1 fully saturated rings. The maximum atomic E-state index is 10.7. The van der Waals surface area contributed by atoms with Crippen LogP contribution in [0.3, 0.4) is 0 Å². The number of rotatable bonds is 4. The molecule has 3 heteroatoms. The van der Waals surface area contributed by atoms with E-state index in [4.69, 9.17) is 5.11 Å². The molecule has 2 rings (SSSR count). The predicted molar refractivity (Wildman–Crippen MR) is 81.4 cm³/mol. The number of carbonyl (C=O) groups is 1. The number of aliphatic carboxylic acids is 1. The minimum absolute atomic E-state index is 0.600. The zero-order valence-corrected chi connectivity index (χ0v) is 12.2. The molecular weight excluding hydrogens is 250 g/mol. The fraction of sp³-hybridized carbons (Fsp3) is 0.471. The van der Waals surface area contributed by atoms with E-state index in [1.54, 1.807) is 6.08 Å². The molecule has 0 aromatic heterocycles. The van der Waals surface area contributed by atoms with E-state index in [1.807, 2.05) is 18.2 Å². The lowest BCUT2D eigenvalue weighted by Gasteiger charge is -2.37. The van der Waals surface area contributed by atoms with Gasteiger partial charge in [-0.3, -0.25) is 4.90 Å². The van der Waals surface area contributed by atoms with Crippen molar-refractivity contribution in [3.63, 3.8) is 0 Å². The lowest BCUT2D eigenvalue weighted by molar-refractivity contribution is -0.131. The summed E-state index contributed by atoms with van der Waals surface area (Å²) in [6, 6.07) is 8.64. The number of carboxylic acid groups (broad SMARTS) is 1. The molecule has 108 valence electrons. The second-order valence-corrected chi connectivity index (χ2v) is 5.83. The third-order valence-corrected chi connectivity index (χ3v) is 4.08. The van der Waals surface area contributed by atoms with Gasteiger partial charge in [-0.25, -0.2) is 4.79 Å². The summed E-state index contributed by atoms with van der Waals surface area (Å²) in [6.07, 6.45) is 5.45. The molecule has 1 aromatic rings. The molecule has 0 aliphatic carbocycles. The fourth-order valence-electron chi connectivity index (χ4n) is 2.82. The van der Waals surface area contributed by atoms with Crippen molar-refractivity contribution in [3.8, 4) is 0 Å². The highest BCUT2D eigenvalue weighted by atomic mass is 16.4. The van der Waals surface area contributed by atoms with E-state index in [9.17, 15) is 4.79 Å². The van der Waals surface area contributed by atoms with Crippen LogP contribution < -0.4 is 0 Å². The first-order valence-electron chi connectivity index (χ1n) is 7.29. The van der Waals surface area contributed by atoms with Crippen molar-refractivity contribution < 1.29 is 9.90 Å². The van der Waals surface area contributed by atoms with E-state index >= 15 is 0 Å². The smallest absolute Gasteiger partial charge is 0.328 e. The van der Waals surface area contributed by atoms with Crippen molar-refractivity contribution >= 4 is 12.0 Å². The Morgan fingerprint density at radius 3 is 2.85 bits per heavy atom. The average molecular weight is 273 g/mol.